The Hall–Kier alpha value is -1.35. The van der Waals surface area contributed by atoms with Crippen LogP contribution in [0.15, 0.2) is 30.3 Å². The summed E-state index contributed by atoms with van der Waals surface area (Å²) in [6.07, 6.45) is 4.15. The molecule has 2 rings (SSSR count). The first-order valence-electron chi connectivity index (χ1n) is 8.26. The summed E-state index contributed by atoms with van der Waals surface area (Å²) in [4.78, 5) is 14.7. The minimum absolute atomic E-state index is 0.0146. The monoisotopic (exact) mass is 288 g/mol. The largest absolute Gasteiger partial charge is 0.326 e. The van der Waals surface area contributed by atoms with E-state index in [-0.39, 0.29) is 18.1 Å². The fraction of sp³-hybridized carbons (Fsp3) is 0.611. The highest BCUT2D eigenvalue weighted by Crippen LogP contribution is 2.19. The number of amides is 1. The van der Waals surface area contributed by atoms with Crippen molar-refractivity contribution in [1.82, 2.24) is 10.2 Å². The van der Waals surface area contributed by atoms with Crippen LogP contribution in [0.1, 0.15) is 45.6 Å². The molecule has 3 atom stereocenters. The third kappa shape index (κ3) is 4.07. The Morgan fingerprint density at radius 3 is 2.57 bits per heavy atom. The summed E-state index contributed by atoms with van der Waals surface area (Å²) in [5, 5.41) is 3.52. The van der Waals surface area contributed by atoms with E-state index in [9.17, 15) is 4.79 Å². The van der Waals surface area contributed by atoms with E-state index >= 15 is 0 Å². The average Bonchev–Trinajstić information content (AvgIpc) is 2.82. The average molecular weight is 288 g/mol. The summed E-state index contributed by atoms with van der Waals surface area (Å²) < 4.78 is 0. The molecular formula is C18H28N2O. The fourth-order valence-electron chi connectivity index (χ4n) is 2.93. The second-order valence-corrected chi connectivity index (χ2v) is 6.17. The molecule has 3 heteroatoms. The first-order chi connectivity index (χ1) is 10.2. The van der Waals surface area contributed by atoms with Gasteiger partial charge in [-0.25, -0.2) is 0 Å². The van der Waals surface area contributed by atoms with Crippen LogP contribution in [-0.4, -0.2) is 29.6 Å². The molecule has 116 valence electrons. The SMILES string of the molecule is CCC(C)CN1C(=O)C(CCc2ccccc2)NC1CC. The molecule has 0 saturated carbocycles. The lowest BCUT2D eigenvalue weighted by molar-refractivity contribution is -0.130. The Morgan fingerprint density at radius 2 is 1.95 bits per heavy atom. The Balaban J connectivity index is 1.94. The van der Waals surface area contributed by atoms with Crippen molar-refractivity contribution >= 4 is 5.91 Å². The number of benzene rings is 1. The second kappa shape index (κ2) is 7.60. The van der Waals surface area contributed by atoms with E-state index in [1.807, 2.05) is 6.07 Å². The van der Waals surface area contributed by atoms with Crippen LogP contribution < -0.4 is 5.32 Å². The van der Waals surface area contributed by atoms with Gasteiger partial charge in [0.15, 0.2) is 0 Å². The highest BCUT2D eigenvalue weighted by molar-refractivity contribution is 5.84. The molecule has 21 heavy (non-hydrogen) atoms. The number of hydrogen-bond donors (Lipinski definition) is 1. The van der Waals surface area contributed by atoms with Crippen molar-refractivity contribution in [3.05, 3.63) is 35.9 Å². The van der Waals surface area contributed by atoms with E-state index in [1.54, 1.807) is 0 Å². The zero-order valence-corrected chi connectivity index (χ0v) is 13.5. The zero-order chi connectivity index (χ0) is 15.2. The van der Waals surface area contributed by atoms with E-state index in [1.165, 1.54) is 5.56 Å². The number of aryl methyl sites for hydroxylation is 1. The fourth-order valence-corrected chi connectivity index (χ4v) is 2.93. The van der Waals surface area contributed by atoms with Gasteiger partial charge in [-0.1, -0.05) is 57.5 Å². The van der Waals surface area contributed by atoms with E-state index in [0.717, 1.165) is 32.2 Å². The molecule has 1 aromatic carbocycles. The molecule has 1 N–H and O–H groups in total. The van der Waals surface area contributed by atoms with Crippen LogP contribution >= 0.6 is 0 Å². The number of hydrogen-bond acceptors (Lipinski definition) is 2. The normalized spacial score (nSPS) is 23.6. The molecule has 0 radical (unpaired) electrons. The summed E-state index contributed by atoms with van der Waals surface area (Å²) in [6, 6.07) is 10.4. The number of nitrogens with zero attached hydrogens (tertiary/aromatic N) is 1. The van der Waals surface area contributed by atoms with Crippen molar-refractivity contribution in [3.8, 4) is 0 Å². The standard InChI is InChI=1S/C18H28N2O/c1-4-14(3)13-20-17(5-2)19-16(18(20)21)12-11-15-9-7-6-8-10-15/h6-10,14,16-17,19H,4-5,11-13H2,1-3H3. The van der Waals surface area contributed by atoms with E-state index in [4.69, 9.17) is 0 Å². The lowest BCUT2D eigenvalue weighted by Gasteiger charge is -2.25. The van der Waals surface area contributed by atoms with E-state index < -0.39 is 0 Å². The van der Waals surface area contributed by atoms with Gasteiger partial charge in [0.05, 0.1) is 12.2 Å². The van der Waals surface area contributed by atoms with Gasteiger partial charge in [0, 0.05) is 6.54 Å². The molecule has 1 aliphatic rings. The van der Waals surface area contributed by atoms with Crippen molar-refractivity contribution in [2.24, 2.45) is 5.92 Å². The highest BCUT2D eigenvalue weighted by atomic mass is 16.2. The number of rotatable bonds is 7. The number of carbonyl (C=O) groups excluding carboxylic acids is 1. The molecule has 0 bridgehead atoms. The molecule has 0 spiro atoms. The van der Waals surface area contributed by atoms with Crippen LogP contribution in [0.3, 0.4) is 0 Å². The van der Waals surface area contributed by atoms with Crippen molar-refractivity contribution in [2.45, 2.75) is 58.7 Å². The maximum absolute atomic E-state index is 12.6. The van der Waals surface area contributed by atoms with Gasteiger partial charge in [-0.05, 0) is 30.7 Å². The summed E-state index contributed by atoms with van der Waals surface area (Å²) in [6.45, 7) is 7.43. The minimum atomic E-state index is -0.0146. The van der Waals surface area contributed by atoms with E-state index in [0.29, 0.717) is 5.92 Å². The van der Waals surface area contributed by atoms with Crippen molar-refractivity contribution in [2.75, 3.05) is 6.54 Å². The van der Waals surface area contributed by atoms with Crippen LogP contribution in [0.2, 0.25) is 0 Å². The molecule has 1 aromatic rings. The highest BCUT2D eigenvalue weighted by Gasteiger charge is 2.37. The molecule has 0 aromatic heterocycles. The predicted octanol–water partition coefficient (Wildman–Crippen LogP) is 3.20. The summed E-state index contributed by atoms with van der Waals surface area (Å²) >= 11 is 0. The number of nitrogens with one attached hydrogen (secondary N) is 1. The van der Waals surface area contributed by atoms with E-state index in [2.05, 4.69) is 55.3 Å². The molecule has 0 aliphatic carbocycles. The van der Waals surface area contributed by atoms with Crippen LogP contribution in [0.25, 0.3) is 0 Å². The summed E-state index contributed by atoms with van der Waals surface area (Å²) in [5.41, 5.74) is 1.31. The Bertz CT molecular complexity index is 446. The Labute approximate surface area is 128 Å². The van der Waals surface area contributed by atoms with Crippen molar-refractivity contribution in [1.29, 1.82) is 0 Å². The molecular weight excluding hydrogens is 260 g/mol. The Morgan fingerprint density at radius 1 is 1.24 bits per heavy atom. The molecule has 1 amide bonds. The third-order valence-corrected chi connectivity index (χ3v) is 4.51. The molecule has 3 unspecified atom stereocenters. The van der Waals surface area contributed by atoms with Crippen LogP contribution in [0.5, 0.6) is 0 Å². The third-order valence-electron chi connectivity index (χ3n) is 4.51. The predicted molar refractivity (Wildman–Crippen MR) is 86.9 cm³/mol. The van der Waals surface area contributed by atoms with Gasteiger partial charge in [0.2, 0.25) is 5.91 Å². The topological polar surface area (TPSA) is 32.3 Å². The van der Waals surface area contributed by atoms with Crippen LogP contribution in [0, 0.1) is 5.92 Å². The van der Waals surface area contributed by atoms with Gasteiger partial charge in [-0.15, -0.1) is 0 Å². The number of carbonyl (C=O) groups is 1. The first kappa shape index (κ1) is 16.0. The molecule has 1 saturated heterocycles. The second-order valence-electron chi connectivity index (χ2n) is 6.17. The van der Waals surface area contributed by atoms with Gasteiger partial charge >= 0.3 is 0 Å². The lowest BCUT2D eigenvalue weighted by atomic mass is 10.0. The van der Waals surface area contributed by atoms with Gasteiger partial charge < -0.3 is 4.90 Å². The molecule has 1 heterocycles. The lowest BCUT2D eigenvalue weighted by Crippen LogP contribution is -2.39. The molecule has 1 fully saturated rings. The maximum Gasteiger partial charge on any atom is 0.241 e. The summed E-state index contributed by atoms with van der Waals surface area (Å²) in [7, 11) is 0. The Kier molecular flexibility index (Phi) is 5.80. The van der Waals surface area contributed by atoms with Crippen LogP contribution in [-0.2, 0) is 11.2 Å². The van der Waals surface area contributed by atoms with Crippen molar-refractivity contribution in [3.63, 3.8) is 0 Å². The van der Waals surface area contributed by atoms with Crippen molar-refractivity contribution < 1.29 is 4.79 Å². The van der Waals surface area contributed by atoms with Gasteiger partial charge in [0.1, 0.15) is 0 Å². The maximum atomic E-state index is 12.6. The minimum Gasteiger partial charge on any atom is -0.326 e. The zero-order valence-electron chi connectivity index (χ0n) is 13.5. The van der Waals surface area contributed by atoms with Gasteiger partial charge in [-0.2, -0.15) is 0 Å². The van der Waals surface area contributed by atoms with Crippen LogP contribution in [0.4, 0.5) is 0 Å². The van der Waals surface area contributed by atoms with Gasteiger partial charge in [0.25, 0.3) is 0 Å². The quantitative estimate of drug-likeness (QED) is 0.835. The molecule has 3 nitrogen and oxygen atoms in total. The smallest absolute Gasteiger partial charge is 0.241 e. The first-order valence-corrected chi connectivity index (χ1v) is 8.26. The summed E-state index contributed by atoms with van der Waals surface area (Å²) in [5.74, 6) is 0.857. The molecule has 1 aliphatic heterocycles. The van der Waals surface area contributed by atoms with Gasteiger partial charge in [-0.3, -0.25) is 10.1 Å².